The third kappa shape index (κ3) is 2.56. The molecule has 1 aromatic heterocycles. The molecule has 0 atom stereocenters. The Bertz CT molecular complexity index is 240. The predicted molar refractivity (Wildman–Crippen MR) is 47.4 cm³/mol. The molecule has 0 bridgehead atoms. The fourth-order valence-electron chi connectivity index (χ4n) is 0.701. The molecular formula is C7H9Cl2NO. The van der Waals surface area contributed by atoms with Gasteiger partial charge in [0.05, 0.1) is 11.6 Å². The molecule has 1 N–H and O–H groups in total. The van der Waals surface area contributed by atoms with E-state index in [4.69, 9.17) is 16.7 Å². The van der Waals surface area contributed by atoms with E-state index < -0.39 is 0 Å². The molecule has 11 heavy (non-hydrogen) atoms. The smallest absolute Gasteiger partial charge is 0.138 e. The first kappa shape index (κ1) is 10.5. The molecule has 0 aliphatic carbocycles. The lowest BCUT2D eigenvalue weighted by Gasteiger charge is -1.98. The number of aryl methyl sites for hydroxylation is 1. The van der Waals surface area contributed by atoms with E-state index in [1.807, 2.05) is 6.92 Å². The van der Waals surface area contributed by atoms with Crippen LogP contribution in [0.1, 0.15) is 11.4 Å². The molecule has 2 nitrogen and oxygen atoms in total. The van der Waals surface area contributed by atoms with Crippen molar-refractivity contribution in [3.63, 3.8) is 0 Å². The monoisotopic (exact) mass is 193 g/mol. The van der Waals surface area contributed by atoms with E-state index in [0.29, 0.717) is 5.69 Å². The van der Waals surface area contributed by atoms with Crippen molar-refractivity contribution in [1.29, 1.82) is 0 Å². The Morgan fingerprint density at radius 2 is 2.18 bits per heavy atom. The second-order valence-electron chi connectivity index (χ2n) is 2.05. The average molecular weight is 194 g/mol. The van der Waals surface area contributed by atoms with Crippen molar-refractivity contribution in [2.75, 3.05) is 0 Å². The average Bonchev–Trinajstić information content (AvgIpc) is 1.94. The summed E-state index contributed by atoms with van der Waals surface area (Å²) < 4.78 is 0. The van der Waals surface area contributed by atoms with E-state index in [9.17, 15) is 0 Å². The highest BCUT2D eigenvalue weighted by atomic mass is 35.5. The number of hydrogen-bond donors (Lipinski definition) is 1. The van der Waals surface area contributed by atoms with Crippen LogP contribution in [0.4, 0.5) is 0 Å². The summed E-state index contributed by atoms with van der Waals surface area (Å²) in [7, 11) is 0. The van der Waals surface area contributed by atoms with Crippen molar-refractivity contribution in [2.45, 2.75) is 12.8 Å². The molecule has 0 fully saturated rings. The van der Waals surface area contributed by atoms with E-state index in [1.165, 1.54) is 0 Å². The van der Waals surface area contributed by atoms with Gasteiger partial charge in [0.25, 0.3) is 0 Å². The van der Waals surface area contributed by atoms with Crippen molar-refractivity contribution in [3.8, 4) is 5.75 Å². The lowest BCUT2D eigenvalue weighted by Crippen LogP contribution is -1.87. The van der Waals surface area contributed by atoms with Gasteiger partial charge >= 0.3 is 0 Å². The lowest BCUT2D eigenvalue weighted by atomic mass is 10.3. The molecule has 0 saturated carbocycles. The molecule has 62 valence electrons. The highest BCUT2D eigenvalue weighted by molar-refractivity contribution is 6.17. The first-order valence-corrected chi connectivity index (χ1v) is 3.49. The normalized spacial score (nSPS) is 8.91. The molecule has 4 heteroatoms. The highest BCUT2D eigenvalue weighted by Gasteiger charge is 1.99. The maximum Gasteiger partial charge on any atom is 0.138 e. The van der Waals surface area contributed by atoms with Gasteiger partial charge in [-0.2, -0.15) is 0 Å². The zero-order chi connectivity index (χ0) is 7.56. The van der Waals surface area contributed by atoms with Gasteiger partial charge in [-0.25, -0.2) is 0 Å². The Kier molecular flexibility index (Phi) is 4.23. The standard InChI is InChI=1S/C7H8ClNO.ClH/c1-5-2-3-7(10)6(4-8)9-5;/h2-3,10H,4H2,1H3;1H. The Balaban J connectivity index is 0.000001000. The van der Waals surface area contributed by atoms with Gasteiger partial charge in [-0.1, -0.05) is 0 Å². The fraction of sp³-hybridized carbons (Fsp3) is 0.286. The molecule has 0 saturated heterocycles. The minimum absolute atomic E-state index is 0. The van der Waals surface area contributed by atoms with Crippen molar-refractivity contribution in [3.05, 3.63) is 23.5 Å². The third-order valence-electron chi connectivity index (χ3n) is 1.22. The van der Waals surface area contributed by atoms with Crippen LogP contribution in [0.5, 0.6) is 5.75 Å². The summed E-state index contributed by atoms with van der Waals surface area (Å²) in [5, 5.41) is 9.09. The minimum Gasteiger partial charge on any atom is -0.506 e. The van der Waals surface area contributed by atoms with Gasteiger partial charge in [-0.3, -0.25) is 4.98 Å². The number of halogens is 2. The van der Waals surface area contributed by atoms with Gasteiger partial charge < -0.3 is 5.11 Å². The van der Waals surface area contributed by atoms with Crippen LogP contribution in [-0.2, 0) is 5.88 Å². The Morgan fingerprint density at radius 3 is 2.64 bits per heavy atom. The fourth-order valence-corrected chi connectivity index (χ4v) is 0.898. The third-order valence-corrected chi connectivity index (χ3v) is 1.47. The molecule has 0 unspecified atom stereocenters. The molecule has 0 aliphatic rings. The van der Waals surface area contributed by atoms with Crippen LogP contribution in [0.2, 0.25) is 0 Å². The molecule has 1 heterocycles. The quantitative estimate of drug-likeness (QED) is 0.695. The van der Waals surface area contributed by atoms with Crippen molar-refractivity contribution in [1.82, 2.24) is 4.98 Å². The largest absolute Gasteiger partial charge is 0.506 e. The number of alkyl halides is 1. The van der Waals surface area contributed by atoms with Crippen molar-refractivity contribution < 1.29 is 5.11 Å². The number of rotatable bonds is 1. The summed E-state index contributed by atoms with van der Waals surface area (Å²) in [5.41, 5.74) is 1.41. The van der Waals surface area contributed by atoms with Crippen LogP contribution < -0.4 is 0 Å². The molecule has 1 aromatic rings. The predicted octanol–water partition coefficient (Wildman–Crippen LogP) is 2.26. The molecule has 0 radical (unpaired) electrons. The Morgan fingerprint density at radius 1 is 1.55 bits per heavy atom. The summed E-state index contributed by atoms with van der Waals surface area (Å²) in [6.07, 6.45) is 0. The van der Waals surface area contributed by atoms with E-state index in [0.717, 1.165) is 5.69 Å². The second kappa shape index (κ2) is 4.42. The van der Waals surface area contributed by atoms with Crippen LogP contribution in [0, 0.1) is 6.92 Å². The summed E-state index contributed by atoms with van der Waals surface area (Å²) in [4.78, 5) is 4.01. The number of pyridine rings is 1. The lowest BCUT2D eigenvalue weighted by molar-refractivity contribution is 0.466. The molecule has 0 amide bonds. The van der Waals surface area contributed by atoms with Gasteiger partial charge in [-0.05, 0) is 19.1 Å². The van der Waals surface area contributed by atoms with E-state index >= 15 is 0 Å². The molecular weight excluding hydrogens is 185 g/mol. The van der Waals surface area contributed by atoms with Crippen LogP contribution >= 0.6 is 24.0 Å². The molecule has 0 aliphatic heterocycles. The summed E-state index contributed by atoms with van der Waals surface area (Å²) in [6.45, 7) is 1.86. The summed E-state index contributed by atoms with van der Waals surface area (Å²) in [5.74, 6) is 0.425. The van der Waals surface area contributed by atoms with Gasteiger partial charge in [0, 0.05) is 5.69 Å². The van der Waals surface area contributed by atoms with E-state index in [-0.39, 0.29) is 24.0 Å². The van der Waals surface area contributed by atoms with Gasteiger partial charge in [-0.15, -0.1) is 24.0 Å². The maximum absolute atomic E-state index is 9.09. The number of aromatic hydroxyl groups is 1. The van der Waals surface area contributed by atoms with Crippen molar-refractivity contribution in [2.24, 2.45) is 0 Å². The summed E-state index contributed by atoms with van der Waals surface area (Å²) in [6, 6.07) is 3.34. The SMILES string of the molecule is Cc1ccc(O)c(CCl)n1.Cl. The zero-order valence-electron chi connectivity index (χ0n) is 6.04. The Labute approximate surface area is 76.6 Å². The van der Waals surface area contributed by atoms with Gasteiger partial charge in [0.1, 0.15) is 5.75 Å². The van der Waals surface area contributed by atoms with Gasteiger partial charge in [0.2, 0.25) is 0 Å². The summed E-state index contributed by atoms with van der Waals surface area (Å²) >= 11 is 5.48. The van der Waals surface area contributed by atoms with Crippen molar-refractivity contribution >= 4 is 24.0 Å². The first-order valence-electron chi connectivity index (χ1n) is 2.95. The highest BCUT2D eigenvalue weighted by Crippen LogP contribution is 2.15. The zero-order valence-corrected chi connectivity index (χ0v) is 7.61. The minimum atomic E-state index is 0. The van der Waals surface area contributed by atoms with E-state index in [1.54, 1.807) is 12.1 Å². The topological polar surface area (TPSA) is 33.1 Å². The second-order valence-corrected chi connectivity index (χ2v) is 2.32. The first-order chi connectivity index (χ1) is 4.74. The van der Waals surface area contributed by atoms with Gasteiger partial charge in [0.15, 0.2) is 0 Å². The molecule has 1 rings (SSSR count). The van der Waals surface area contributed by atoms with Crippen LogP contribution in [0.15, 0.2) is 12.1 Å². The molecule has 0 aromatic carbocycles. The van der Waals surface area contributed by atoms with Crippen LogP contribution in [0.3, 0.4) is 0 Å². The Hall–Kier alpha value is -0.470. The number of nitrogens with zero attached hydrogens (tertiary/aromatic N) is 1. The van der Waals surface area contributed by atoms with E-state index in [2.05, 4.69) is 4.98 Å². The number of hydrogen-bond acceptors (Lipinski definition) is 2. The molecule has 0 spiro atoms. The van der Waals surface area contributed by atoms with Crippen LogP contribution in [-0.4, -0.2) is 10.1 Å². The maximum atomic E-state index is 9.09. The number of aromatic nitrogens is 1. The van der Waals surface area contributed by atoms with Crippen LogP contribution in [0.25, 0.3) is 0 Å².